The SMILES string of the molecule is COc1ccc(CN2CCN(S(=O)(=O)N3CCN(C)CC3)CC2)cc1Cl. The molecule has 2 aliphatic rings. The predicted octanol–water partition coefficient (Wildman–Crippen LogP) is 0.958. The van der Waals surface area contributed by atoms with Crippen LogP contribution >= 0.6 is 11.6 Å². The summed E-state index contributed by atoms with van der Waals surface area (Å²) < 4.78 is 34.0. The van der Waals surface area contributed by atoms with Gasteiger partial charge in [-0.1, -0.05) is 17.7 Å². The van der Waals surface area contributed by atoms with Crippen LogP contribution in [0.5, 0.6) is 5.75 Å². The van der Waals surface area contributed by atoms with E-state index in [-0.39, 0.29) is 0 Å². The van der Waals surface area contributed by atoms with Crippen molar-refractivity contribution in [3.05, 3.63) is 28.8 Å². The molecule has 0 atom stereocenters. The van der Waals surface area contributed by atoms with Gasteiger partial charge in [0, 0.05) is 58.9 Å². The van der Waals surface area contributed by atoms with Gasteiger partial charge in [-0.25, -0.2) is 0 Å². The molecule has 0 unspecified atom stereocenters. The Morgan fingerprint density at radius 2 is 1.58 bits per heavy atom. The van der Waals surface area contributed by atoms with Crippen LogP contribution in [0.4, 0.5) is 0 Å². The van der Waals surface area contributed by atoms with E-state index in [1.165, 1.54) is 0 Å². The van der Waals surface area contributed by atoms with Gasteiger partial charge in [0.2, 0.25) is 0 Å². The van der Waals surface area contributed by atoms with Crippen molar-refractivity contribution in [2.24, 2.45) is 0 Å². The van der Waals surface area contributed by atoms with Crippen LogP contribution in [0, 0.1) is 0 Å². The molecule has 2 heterocycles. The third kappa shape index (κ3) is 4.49. The molecule has 146 valence electrons. The highest BCUT2D eigenvalue weighted by Crippen LogP contribution is 2.26. The van der Waals surface area contributed by atoms with Gasteiger partial charge < -0.3 is 9.64 Å². The standard InChI is InChI=1S/C17H27ClN4O3S/c1-19-5-9-21(10-6-19)26(23,24)22-11-7-20(8-12-22)14-15-3-4-17(25-2)16(18)13-15/h3-4,13H,5-12,14H2,1-2H3. The second kappa shape index (κ2) is 8.41. The van der Waals surface area contributed by atoms with Gasteiger partial charge in [0.05, 0.1) is 12.1 Å². The van der Waals surface area contributed by atoms with Crippen LogP contribution in [0.1, 0.15) is 5.56 Å². The first kappa shape index (κ1) is 19.9. The molecule has 26 heavy (non-hydrogen) atoms. The topological polar surface area (TPSA) is 56.3 Å². The Morgan fingerprint density at radius 3 is 2.12 bits per heavy atom. The summed E-state index contributed by atoms with van der Waals surface area (Å²) in [4.78, 5) is 4.41. The summed E-state index contributed by atoms with van der Waals surface area (Å²) in [6.45, 7) is 5.97. The average Bonchev–Trinajstić information content (AvgIpc) is 2.63. The summed E-state index contributed by atoms with van der Waals surface area (Å²) in [5.74, 6) is 0.665. The predicted molar refractivity (Wildman–Crippen MR) is 103 cm³/mol. The van der Waals surface area contributed by atoms with Crippen molar-refractivity contribution in [1.82, 2.24) is 18.4 Å². The molecule has 9 heteroatoms. The fraction of sp³-hybridized carbons (Fsp3) is 0.647. The molecule has 7 nitrogen and oxygen atoms in total. The maximum Gasteiger partial charge on any atom is 0.282 e. The molecule has 1 aromatic carbocycles. The summed E-state index contributed by atoms with van der Waals surface area (Å²) in [6, 6.07) is 5.78. The maximum absolute atomic E-state index is 12.8. The van der Waals surface area contributed by atoms with E-state index in [0.29, 0.717) is 37.0 Å². The molecular weight excluding hydrogens is 376 g/mol. The molecule has 1 aromatic rings. The van der Waals surface area contributed by atoms with Crippen LogP contribution in [-0.4, -0.2) is 93.3 Å². The highest BCUT2D eigenvalue weighted by molar-refractivity contribution is 7.86. The normalized spacial score (nSPS) is 21.8. The van der Waals surface area contributed by atoms with E-state index in [2.05, 4.69) is 9.80 Å². The fourth-order valence-electron chi connectivity index (χ4n) is 3.37. The first-order valence-corrected chi connectivity index (χ1v) is 10.7. The Labute approximate surface area is 161 Å². The minimum Gasteiger partial charge on any atom is -0.495 e. The van der Waals surface area contributed by atoms with Crippen molar-refractivity contribution in [1.29, 1.82) is 0 Å². The summed E-state index contributed by atoms with van der Waals surface area (Å²) >= 11 is 6.19. The van der Waals surface area contributed by atoms with Crippen LogP contribution < -0.4 is 4.74 Å². The largest absolute Gasteiger partial charge is 0.495 e. The molecule has 0 spiro atoms. The summed E-state index contributed by atoms with van der Waals surface area (Å²) in [7, 11) is 0.275. The highest BCUT2D eigenvalue weighted by atomic mass is 35.5. The molecule has 0 saturated carbocycles. The lowest BCUT2D eigenvalue weighted by Gasteiger charge is -2.39. The maximum atomic E-state index is 12.8. The number of hydrogen-bond acceptors (Lipinski definition) is 5. The van der Waals surface area contributed by atoms with Crippen LogP contribution in [0.15, 0.2) is 18.2 Å². The molecule has 2 fully saturated rings. The van der Waals surface area contributed by atoms with E-state index in [1.54, 1.807) is 15.7 Å². The summed E-state index contributed by atoms with van der Waals surface area (Å²) in [5.41, 5.74) is 1.10. The molecule has 0 N–H and O–H groups in total. The molecule has 0 amide bonds. The average molecular weight is 403 g/mol. The Hall–Kier alpha value is -0.900. The van der Waals surface area contributed by atoms with Gasteiger partial charge in [0.25, 0.3) is 10.2 Å². The number of nitrogens with zero attached hydrogens (tertiary/aromatic N) is 4. The van der Waals surface area contributed by atoms with E-state index in [0.717, 1.165) is 38.3 Å². The van der Waals surface area contributed by atoms with Crippen molar-refractivity contribution in [3.63, 3.8) is 0 Å². The van der Waals surface area contributed by atoms with Crippen molar-refractivity contribution >= 4 is 21.8 Å². The third-order valence-corrected chi connectivity index (χ3v) is 7.40. The minimum atomic E-state index is -3.34. The van der Waals surface area contributed by atoms with Crippen LogP contribution in [0.2, 0.25) is 5.02 Å². The van der Waals surface area contributed by atoms with Gasteiger partial charge in [0.1, 0.15) is 5.75 Å². The molecule has 0 bridgehead atoms. The minimum absolute atomic E-state index is 0.526. The van der Waals surface area contributed by atoms with Crippen LogP contribution in [-0.2, 0) is 16.8 Å². The zero-order valence-electron chi connectivity index (χ0n) is 15.4. The van der Waals surface area contributed by atoms with Crippen molar-refractivity contribution in [3.8, 4) is 5.75 Å². The number of ether oxygens (including phenoxy) is 1. The lowest BCUT2D eigenvalue weighted by molar-refractivity contribution is 0.165. The second-order valence-corrected chi connectivity index (χ2v) is 9.19. The number of hydrogen-bond donors (Lipinski definition) is 0. The lowest BCUT2D eigenvalue weighted by Crippen LogP contribution is -2.56. The van der Waals surface area contributed by atoms with Gasteiger partial charge >= 0.3 is 0 Å². The molecule has 3 rings (SSSR count). The quantitative estimate of drug-likeness (QED) is 0.734. The number of benzene rings is 1. The lowest BCUT2D eigenvalue weighted by atomic mass is 10.2. The van der Waals surface area contributed by atoms with Crippen LogP contribution in [0.25, 0.3) is 0 Å². The van der Waals surface area contributed by atoms with E-state index in [4.69, 9.17) is 16.3 Å². The van der Waals surface area contributed by atoms with Crippen molar-refractivity contribution in [2.45, 2.75) is 6.54 Å². The Balaban J connectivity index is 1.54. The zero-order chi connectivity index (χ0) is 18.7. The number of piperazine rings is 2. The summed E-state index contributed by atoms with van der Waals surface area (Å²) in [5, 5.41) is 0.598. The molecular formula is C17H27ClN4O3S. The van der Waals surface area contributed by atoms with Gasteiger partial charge in [-0.15, -0.1) is 0 Å². The van der Waals surface area contributed by atoms with E-state index in [1.807, 2.05) is 25.2 Å². The third-order valence-electron chi connectivity index (χ3n) is 5.07. The van der Waals surface area contributed by atoms with E-state index in [9.17, 15) is 8.42 Å². The monoisotopic (exact) mass is 402 g/mol. The molecule has 0 radical (unpaired) electrons. The second-order valence-electron chi connectivity index (χ2n) is 6.85. The first-order chi connectivity index (χ1) is 12.4. The van der Waals surface area contributed by atoms with Gasteiger partial charge in [-0.2, -0.15) is 17.0 Å². The molecule has 0 aliphatic carbocycles. The number of likely N-dealkylation sites (N-methyl/N-ethyl adjacent to an activating group) is 1. The summed E-state index contributed by atoms with van der Waals surface area (Å²) in [6.07, 6.45) is 0. The van der Waals surface area contributed by atoms with Crippen molar-refractivity contribution in [2.75, 3.05) is 66.5 Å². The highest BCUT2D eigenvalue weighted by Gasteiger charge is 2.33. The Kier molecular flexibility index (Phi) is 6.42. The molecule has 0 aromatic heterocycles. The fourth-order valence-corrected chi connectivity index (χ4v) is 5.22. The Bertz CT molecular complexity index is 715. The number of methoxy groups -OCH3 is 1. The number of rotatable bonds is 5. The van der Waals surface area contributed by atoms with Crippen molar-refractivity contribution < 1.29 is 13.2 Å². The smallest absolute Gasteiger partial charge is 0.282 e. The zero-order valence-corrected chi connectivity index (χ0v) is 17.0. The van der Waals surface area contributed by atoms with E-state index < -0.39 is 10.2 Å². The first-order valence-electron chi connectivity index (χ1n) is 8.88. The van der Waals surface area contributed by atoms with Crippen LogP contribution in [0.3, 0.4) is 0 Å². The Morgan fingerprint density at radius 1 is 1.00 bits per heavy atom. The number of halogens is 1. The molecule has 2 aliphatic heterocycles. The van der Waals surface area contributed by atoms with E-state index >= 15 is 0 Å². The molecule has 2 saturated heterocycles. The van der Waals surface area contributed by atoms with Gasteiger partial charge in [0.15, 0.2) is 0 Å². The van der Waals surface area contributed by atoms with Gasteiger partial charge in [-0.3, -0.25) is 4.90 Å². The van der Waals surface area contributed by atoms with Gasteiger partial charge in [-0.05, 0) is 24.7 Å².